The third-order valence-electron chi connectivity index (χ3n) is 4.36. The highest BCUT2D eigenvalue weighted by molar-refractivity contribution is 5.97. The number of hydrogen-bond donors (Lipinski definition) is 1. The molecule has 0 radical (unpaired) electrons. The Morgan fingerprint density at radius 1 is 1.33 bits per heavy atom. The number of piperidine rings is 1. The van der Waals surface area contributed by atoms with Crippen molar-refractivity contribution in [2.24, 2.45) is 5.92 Å². The van der Waals surface area contributed by atoms with Crippen LogP contribution in [0.3, 0.4) is 0 Å². The third kappa shape index (κ3) is 2.80. The van der Waals surface area contributed by atoms with Gasteiger partial charge in [0.15, 0.2) is 0 Å². The first kappa shape index (κ1) is 14.1. The van der Waals surface area contributed by atoms with Crippen molar-refractivity contribution in [3.63, 3.8) is 0 Å². The lowest BCUT2D eigenvalue weighted by atomic mass is 9.98. The van der Waals surface area contributed by atoms with E-state index < -0.39 is 0 Å². The Kier molecular flexibility index (Phi) is 3.70. The molecule has 0 atom stereocenters. The van der Waals surface area contributed by atoms with Crippen LogP contribution in [0, 0.1) is 5.92 Å². The number of carbonyl (C=O) groups excluding carboxylic acids is 1. The van der Waals surface area contributed by atoms with E-state index in [9.17, 15) is 4.79 Å². The molecule has 21 heavy (non-hydrogen) atoms. The van der Waals surface area contributed by atoms with Crippen molar-refractivity contribution in [1.82, 2.24) is 14.9 Å². The first-order valence-corrected chi connectivity index (χ1v) is 7.83. The molecule has 4 heteroatoms. The van der Waals surface area contributed by atoms with Crippen molar-refractivity contribution in [2.75, 3.05) is 13.1 Å². The first-order chi connectivity index (χ1) is 10.0. The van der Waals surface area contributed by atoms with E-state index in [1.54, 1.807) is 0 Å². The highest BCUT2D eigenvalue weighted by Crippen LogP contribution is 2.21. The third-order valence-corrected chi connectivity index (χ3v) is 4.36. The van der Waals surface area contributed by atoms with E-state index in [4.69, 9.17) is 0 Å². The van der Waals surface area contributed by atoms with E-state index in [1.165, 1.54) is 0 Å². The summed E-state index contributed by atoms with van der Waals surface area (Å²) < 4.78 is 0. The lowest BCUT2D eigenvalue weighted by Crippen LogP contribution is -2.37. The highest BCUT2D eigenvalue weighted by Gasteiger charge is 2.21. The van der Waals surface area contributed by atoms with E-state index in [-0.39, 0.29) is 5.91 Å². The minimum absolute atomic E-state index is 0.143. The van der Waals surface area contributed by atoms with Gasteiger partial charge in [-0.3, -0.25) is 4.79 Å². The van der Waals surface area contributed by atoms with Gasteiger partial charge in [0.05, 0.1) is 11.0 Å². The van der Waals surface area contributed by atoms with Gasteiger partial charge >= 0.3 is 0 Å². The van der Waals surface area contributed by atoms with Gasteiger partial charge in [-0.25, -0.2) is 4.98 Å². The monoisotopic (exact) mass is 285 g/mol. The van der Waals surface area contributed by atoms with Gasteiger partial charge in [0.25, 0.3) is 5.91 Å². The van der Waals surface area contributed by atoms with Crippen LogP contribution >= 0.6 is 0 Å². The van der Waals surface area contributed by atoms with Gasteiger partial charge < -0.3 is 9.88 Å². The Morgan fingerprint density at radius 2 is 2.05 bits per heavy atom. The van der Waals surface area contributed by atoms with Gasteiger partial charge in [-0.15, -0.1) is 0 Å². The second kappa shape index (κ2) is 5.51. The van der Waals surface area contributed by atoms with E-state index in [1.807, 2.05) is 23.1 Å². The van der Waals surface area contributed by atoms with Crippen molar-refractivity contribution in [3.8, 4) is 0 Å². The zero-order valence-electron chi connectivity index (χ0n) is 13.0. The van der Waals surface area contributed by atoms with Crippen molar-refractivity contribution in [1.29, 1.82) is 0 Å². The number of imidazole rings is 1. The van der Waals surface area contributed by atoms with Gasteiger partial charge in [0.2, 0.25) is 0 Å². The van der Waals surface area contributed by atoms with Crippen LogP contribution < -0.4 is 0 Å². The number of amides is 1. The molecule has 1 N–H and O–H groups in total. The molecule has 0 spiro atoms. The van der Waals surface area contributed by atoms with Crippen LogP contribution in [0.15, 0.2) is 18.2 Å². The summed E-state index contributed by atoms with van der Waals surface area (Å²) in [6.45, 7) is 8.22. The number of fused-ring (bicyclic) bond motifs is 1. The fourth-order valence-electron chi connectivity index (χ4n) is 2.83. The second-order valence-corrected chi connectivity index (χ2v) is 6.48. The molecule has 0 unspecified atom stereocenters. The van der Waals surface area contributed by atoms with Crippen LogP contribution in [0.4, 0.5) is 0 Å². The summed E-state index contributed by atoms with van der Waals surface area (Å²) in [5.41, 5.74) is 2.65. The molecule has 1 aliphatic rings. The van der Waals surface area contributed by atoms with Crippen molar-refractivity contribution >= 4 is 16.9 Å². The SMILES string of the molecule is CC1CCN(C(=O)c2ccc3nc(C(C)C)[nH]c3c2)CC1. The van der Waals surface area contributed by atoms with E-state index in [0.29, 0.717) is 5.92 Å². The molecule has 2 heterocycles. The highest BCUT2D eigenvalue weighted by atomic mass is 16.2. The Balaban J connectivity index is 1.84. The topological polar surface area (TPSA) is 49.0 Å². The van der Waals surface area contributed by atoms with Crippen LogP contribution in [-0.4, -0.2) is 33.9 Å². The molecule has 0 saturated carbocycles. The van der Waals surface area contributed by atoms with Gasteiger partial charge in [0.1, 0.15) is 5.82 Å². The number of H-pyrrole nitrogens is 1. The molecule has 1 aliphatic heterocycles. The lowest BCUT2D eigenvalue weighted by Gasteiger charge is -2.30. The lowest BCUT2D eigenvalue weighted by molar-refractivity contribution is 0.0697. The molecule has 1 aromatic carbocycles. The van der Waals surface area contributed by atoms with Crippen LogP contribution in [0.25, 0.3) is 11.0 Å². The van der Waals surface area contributed by atoms with Crippen LogP contribution in [-0.2, 0) is 0 Å². The molecule has 4 nitrogen and oxygen atoms in total. The normalized spacial score (nSPS) is 16.9. The summed E-state index contributed by atoms with van der Waals surface area (Å²) in [6, 6.07) is 5.78. The fraction of sp³-hybridized carbons (Fsp3) is 0.529. The summed E-state index contributed by atoms with van der Waals surface area (Å²) in [6.07, 6.45) is 2.21. The van der Waals surface area contributed by atoms with E-state index in [2.05, 4.69) is 30.7 Å². The van der Waals surface area contributed by atoms with Gasteiger partial charge in [-0.05, 0) is 37.0 Å². The number of nitrogens with one attached hydrogen (secondary N) is 1. The quantitative estimate of drug-likeness (QED) is 0.917. The number of benzene rings is 1. The maximum atomic E-state index is 12.6. The van der Waals surface area contributed by atoms with E-state index >= 15 is 0 Å². The smallest absolute Gasteiger partial charge is 0.253 e. The number of nitrogens with zero attached hydrogens (tertiary/aromatic N) is 2. The Morgan fingerprint density at radius 3 is 2.71 bits per heavy atom. The standard InChI is InChI=1S/C17H23N3O/c1-11(2)16-18-14-5-4-13(10-15(14)19-16)17(21)20-8-6-12(3)7-9-20/h4-5,10-12H,6-9H2,1-3H3,(H,18,19). The summed E-state index contributed by atoms with van der Waals surface area (Å²) in [5.74, 6) is 2.21. The minimum atomic E-state index is 0.143. The summed E-state index contributed by atoms with van der Waals surface area (Å²) in [4.78, 5) is 22.4. The molecule has 1 fully saturated rings. The number of aromatic nitrogens is 2. The average molecular weight is 285 g/mol. The van der Waals surface area contributed by atoms with Gasteiger partial charge in [-0.1, -0.05) is 20.8 Å². The number of carbonyl (C=O) groups is 1. The number of aromatic amines is 1. The predicted molar refractivity (Wildman–Crippen MR) is 84.5 cm³/mol. The average Bonchev–Trinajstić information content (AvgIpc) is 2.90. The predicted octanol–water partition coefficient (Wildman–Crippen LogP) is 3.56. The van der Waals surface area contributed by atoms with Crippen molar-refractivity contribution in [2.45, 2.75) is 39.5 Å². The fourth-order valence-corrected chi connectivity index (χ4v) is 2.83. The molecule has 1 saturated heterocycles. The summed E-state index contributed by atoms with van der Waals surface area (Å²) in [5, 5.41) is 0. The Bertz CT molecular complexity index is 651. The van der Waals surface area contributed by atoms with Crippen molar-refractivity contribution < 1.29 is 4.79 Å². The first-order valence-electron chi connectivity index (χ1n) is 7.83. The maximum absolute atomic E-state index is 12.6. The molecule has 112 valence electrons. The molecule has 0 bridgehead atoms. The zero-order chi connectivity index (χ0) is 15.0. The molecule has 0 aliphatic carbocycles. The number of hydrogen-bond acceptors (Lipinski definition) is 2. The largest absolute Gasteiger partial charge is 0.342 e. The molecule has 3 rings (SSSR count). The van der Waals surface area contributed by atoms with Gasteiger partial charge in [-0.2, -0.15) is 0 Å². The number of likely N-dealkylation sites (tertiary alicyclic amines) is 1. The molecular weight excluding hydrogens is 262 g/mol. The number of rotatable bonds is 2. The van der Waals surface area contributed by atoms with Crippen molar-refractivity contribution in [3.05, 3.63) is 29.6 Å². The summed E-state index contributed by atoms with van der Waals surface area (Å²) in [7, 11) is 0. The van der Waals surface area contributed by atoms with Gasteiger partial charge in [0, 0.05) is 24.6 Å². The molecule has 1 aromatic heterocycles. The van der Waals surface area contributed by atoms with Crippen LogP contribution in [0.2, 0.25) is 0 Å². The van der Waals surface area contributed by atoms with E-state index in [0.717, 1.165) is 54.3 Å². The van der Waals surface area contributed by atoms with Crippen LogP contribution in [0.1, 0.15) is 55.7 Å². The Hall–Kier alpha value is -1.84. The molecular formula is C17H23N3O. The molecule has 1 amide bonds. The Labute approximate surface area is 125 Å². The second-order valence-electron chi connectivity index (χ2n) is 6.48. The van der Waals surface area contributed by atoms with Crippen LogP contribution in [0.5, 0.6) is 0 Å². The summed E-state index contributed by atoms with van der Waals surface area (Å²) >= 11 is 0. The zero-order valence-corrected chi connectivity index (χ0v) is 13.0. The maximum Gasteiger partial charge on any atom is 0.253 e. The molecule has 2 aromatic rings. The minimum Gasteiger partial charge on any atom is -0.342 e.